The van der Waals surface area contributed by atoms with E-state index in [1.54, 1.807) is 11.8 Å². The van der Waals surface area contributed by atoms with Gasteiger partial charge < -0.3 is 20.7 Å². The molecule has 1 saturated heterocycles. The average Bonchev–Trinajstić information content (AvgIpc) is 2.33. The van der Waals surface area contributed by atoms with Crippen LogP contribution in [0.25, 0.3) is 0 Å². The first-order valence-corrected chi connectivity index (χ1v) is 7.23. The minimum absolute atomic E-state index is 0.00904. The quantitative estimate of drug-likeness (QED) is 0.817. The monoisotopic (exact) mass is 285 g/mol. The summed E-state index contributed by atoms with van der Waals surface area (Å²) < 4.78 is 5.19. The summed E-state index contributed by atoms with van der Waals surface area (Å²) in [7, 11) is 0. The van der Waals surface area contributed by atoms with Crippen molar-refractivity contribution >= 4 is 12.0 Å². The average molecular weight is 285 g/mol. The lowest BCUT2D eigenvalue weighted by atomic mass is 10.0. The Balaban J connectivity index is 2.51. The van der Waals surface area contributed by atoms with Crippen LogP contribution < -0.4 is 11.1 Å². The van der Waals surface area contributed by atoms with Gasteiger partial charge in [0.05, 0.1) is 6.04 Å². The Morgan fingerprint density at radius 3 is 2.60 bits per heavy atom. The van der Waals surface area contributed by atoms with E-state index < -0.39 is 17.7 Å². The van der Waals surface area contributed by atoms with Gasteiger partial charge in [-0.05, 0) is 47.0 Å². The molecule has 1 aliphatic heterocycles. The Morgan fingerprint density at radius 1 is 1.40 bits per heavy atom. The third-order valence-electron chi connectivity index (χ3n) is 3.18. The van der Waals surface area contributed by atoms with Gasteiger partial charge in [-0.2, -0.15) is 0 Å². The molecule has 116 valence electrons. The van der Waals surface area contributed by atoms with Gasteiger partial charge in [-0.25, -0.2) is 4.79 Å². The number of hydrogen-bond acceptors (Lipinski definition) is 4. The van der Waals surface area contributed by atoms with Crippen LogP contribution >= 0.6 is 0 Å². The topological polar surface area (TPSA) is 84.7 Å². The van der Waals surface area contributed by atoms with Crippen LogP contribution in [0.2, 0.25) is 0 Å². The smallest absolute Gasteiger partial charge is 0.407 e. The number of rotatable bonds is 3. The molecule has 0 saturated carbocycles. The number of nitrogens with one attached hydrogen (secondary N) is 1. The molecule has 1 heterocycles. The molecule has 0 bridgehead atoms. The van der Waals surface area contributed by atoms with Gasteiger partial charge in [0.1, 0.15) is 5.60 Å². The molecule has 2 atom stereocenters. The van der Waals surface area contributed by atoms with Crippen LogP contribution in [0.15, 0.2) is 0 Å². The summed E-state index contributed by atoms with van der Waals surface area (Å²) in [6, 6.07) is -0.494. The van der Waals surface area contributed by atoms with Crippen LogP contribution in [0.5, 0.6) is 0 Å². The van der Waals surface area contributed by atoms with Crippen molar-refractivity contribution in [2.24, 2.45) is 5.73 Å². The highest BCUT2D eigenvalue weighted by atomic mass is 16.6. The fourth-order valence-electron chi connectivity index (χ4n) is 2.28. The highest BCUT2D eigenvalue weighted by Crippen LogP contribution is 2.17. The summed E-state index contributed by atoms with van der Waals surface area (Å²) in [6.45, 7) is 8.26. The van der Waals surface area contributed by atoms with Gasteiger partial charge in [0.25, 0.3) is 0 Å². The maximum Gasteiger partial charge on any atom is 0.407 e. The highest BCUT2D eigenvalue weighted by molar-refractivity contribution is 5.81. The van der Waals surface area contributed by atoms with E-state index in [0.717, 1.165) is 19.3 Å². The van der Waals surface area contributed by atoms with Crippen molar-refractivity contribution in [3.05, 3.63) is 0 Å². The van der Waals surface area contributed by atoms with Crippen LogP contribution in [-0.4, -0.2) is 47.7 Å². The number of likely N-dealkylation sites (tertiary alicyclic amines) is 1. The number of nitrogens with zero attached hydrogens (tertiary/aromatic N) is 1. The molecule has 6 nitrogen and oxygen atoms in total. The maximum absolute atomic E-state index is 12.0. The maximum atomic E-state index is 12.0. The zero-order valence-electron chi connectivity index (χ0n) is 12.9. The van der Waals surface area contributed by atoms with Gasteiger partial charge in [0, 0.05) is 19.1 Å². The lowest BCUT2D eigenvalue weighted by Gasteiger charge is -2.37. The molecule has 1 fully saturated rings. The van der Waals surface area contributed by atoms with Crippen molar-refractivity contribution in [2.45, 2.75) is 64.6 Å². The minimum Gasteiger partial charge on any atom is -0.444 e. The third kappa shape index (κ3) is 5.36. The van der Waals surface area contributed by atoms with Gasteiger partial charge in [0.15, 0.2) is 0 Å². The standard InChI is InChI=1S/C14H27N3O3/c1-10(15)12(18)17-8-6-5-7-11(17)9-16-13(19)20-14(2,3)4/h10-11H,5-9,15H2,1-4H3,(H,16,19). The summed E-state index contributed by atoms with van der Waals surface area (Å²) in [5.74, 6) is -0.0549. The van der Waals surface area contributed by atoms with E-state index in [0.29, 0.717) is 13.1 Å². The predicted octanol–water partition coefficient (Wildman–Crippen LogP) is 1.24. The summed E-state index contributed by atoms with van der Waals surface area (Å²) in [5.41, 5.74) is 5.15. The summed E-state index contributed by atoms with van der Waals surface area (Å²) in [4.78, 5) is 25.5. The number of ether oxygens (including phenoxy) is 1. The summed E-state index contributed by atoms with van der Waals surface area (Å²) in [6.07, 6.45) is 2.48. The van der Waals surface area contributed by atoms with Crippen LogP contribution in [0.1, 0.15) is 47.0 Å². The summed E-state index contributed by atoms with van der Waals surface area (Å²) in [5, 5.41) is 2.74. The van der Waals surface area contributed by atoms with E-state index in [4.69, 9.17) is 10.5 Å². The fraction of sp³-hybridized carbons (Fsp3) is 0.857. The Hall–Kier alpha value is -1.30. The molecule has 0 aromatic carbocycles. The lowest BCUT2D eigenvalue weighted by molar-refractivity contribution is -0.135. The van der Waals surface area contributed by atoms with Crippen molar-refractivity contribution in [1.82, 2.24) is 10.2 Å². The highest BCUT2D eigenvalue weighted by Gasteiger charge is 2.29. The van der Waals surface area contributed by atoms with Gasteiger partial charge in [-0.3, -0.25) is 4.79 Å². The number of nitrogens with two attached hydrogens (primary N) is 1. The van der Waals surface area contributed by atoms with Gasteiger partial charge in [-0.15, -0.1) is 0 Å². The number of amides is 2. The van der Waals surface area contributed by atoms with Gasteiger partial charge in [-0.1, -0.05) is 0 Å². The van der Waals surface area contributed by atoms with Gasteiger partial charge >= 0.3 is 6.09 Å². The van der Waals surface area contributed by atoms with Crippen molar-refractivity contribution in [1.29, 1.82) is 0 Å². The Labute approximate surface area is 121 Å². The number of carbonyl (C=O) groups is 2. The number of alkyl carbamates (subject to hydrolysis) is 1. The van der Waals surface area contributed by atoms with E-state index in [2.05, 4.69) is 5.32 Å². The molecule has 6 heteroatoms. The van der Waals surface area contributed by atoms with Crippen LogP contribution in [0, 0.1) is 0 Å². The van der Waals surface area contributed by atoms with Gasteiger partial charge in [0.2, 0.25) is 5.91 Å². The third-order valence-corrected chi connectivity index (χ3v) is 3.18. The second-order valence-electron chi connectivity index (χ2n) is 6.35. The second kappa shape index (κ2) is 6.92. The SMILES string of the molecule is CC(N)C(=O)N1CCCCC1CNC(=O)OC(C)(C)C. The van der Waals surface area contributed by atoms with E-state index in [1.807, 2.05) is 20.8 Å². The first-order chi connectivity index (χ1) is 9.20. The molecule has 20 heavy (non-hydrogen) atoms. The molecule has 0 aliphatic carbocycles. The zero-order valence-corrected chi connectivity index (χ0v) is 12.9. The molecule has 2 unspecified atom stereocenters. The molecular formula is C14H27N3O3. The number of carbonyl (C=O) groups excluding carboxylic acids is 2. The zero-order chi connectivity index (χ0) is 15.3. The molecule has 0 spiro atoms. The van der Waals surface area contributed by atoms with Crippen molar-refractivity contribution in [3.63, 3.8) is 0 Å². The first kappa shape index (κ1) is 16.8. The normalized spacial score (nSPS) is 21.2. The fourth-order valence-corrected chi connectivity index (χ4v) is 2.28. The predicted molar refractivity (Wildman–Crippen MR) is 77.2 cm³/mol. The molecule has 3 N–H and O–H groups in total. The number of hydrogen-bond donors (Lipinski definition) is 2. The molecule has 1 aliphatic rings. The largest absolute Gasteiger partial charge is 0.444 e. The number of piperidine rings is 1. The lowest BCUT2D eigenvalue weighted by Crippen LogP contribution is -2.53. The Bertz CT molecular complexity index is 350. The van der Waals surface area contributed by atoms with Crippen LogP contribution in [0.3, 0.4) is 0 Å². The first-order valence-electron chi connectivity index (χ1n) is 7.23. The molecule has 0 aromatic rings. The van der Waals surface area contributed by atoms with E-state index >= 15 is 0 Å². The Morgan fingerprint density at radius 2 is 2.05 bits per heavy atom. The van der Waals surface area contributed by atoms with Crippen LogP contribution in [-0.2, 0) is 9.53 Å². The molecule has 0 radical (unpaired) electrons. The minimum atomic E-state index is -0.516. The molecular weight excluding hydrogens is 258 g/mol. The second-order valence-corrected chi connectivity index (χ2v) is 6.35. The van der Waals surface area contributed by atoms with E-state index in [9.17, 15) is 9.59 Å². The van der Waals surface area contributed by atoms with E-state index in [1.165, 1.54) is 0 Å². The van der Waals surface area contributed by atoms with E-state index in [-0.39, 0.29) is 11.9 Å². The Kier molecular flexibility index (Phi) is 5.80. The van der Waals surface area contributed by atoms with Crippen molar-refractivity contribution < 1.29 is 14.3 Å². The summed E-state index contributed by atoms with van der Waals surface area (Å²) >= 11 is 0. The molecule has 1 rings (SSSR count). The van der Waals surface area contributed by atoms with Crippen molar-refractivity contribution in [2.75, 3.05) is 13.1 Å². The van der Waals surface area contributed by atoms with Crippen LogP contribution in [0.4, 0.5) is 4.79 Å². The molecule has 2 amide bonds. The van der Waals surface area contributed by atoms with Crippen molar-refractivity contribution in [3.8, 4) is 0 Å². The molecule has 0 aromatic heterocycles.